The molecule has 4 N–H and O–H groups in total. The molecule has 0 saturated heterocycles. The standard InChI is InChI=1S/C19H22N4O5S/c1-3-14-4-6-15(7-5-14)19(26)23-22-18(25)12-20-29(27,28)17-10-8-16(9-11-17)21-13(2)24/h4-11,20H,3,12H2,1-2H3,(H,21,24)(H,22,25)(H,23,26). The summed E-state index contributed by atoms with van der Waals surface area (Å²) >= 11 is 0. The van der Waals surface area contributed by atoms with Crippen LogP contribution >= 0.6 is 0 Å². The normalized spacial score (nSPS) is 10.8. The minimum Gasteiger partial charge on any atom is -0.326 e. The Hall–Kier alpha value is -3.24. The van der Waals surface area contributed by atoms with Crippen LogP contribution in [-0.2, 0) is 26.0 Å². The number of amides is 3. The summed E-state index contributed by atoms with van der Waals surface area (Å²) in [4.78, 5) is 34.7. The van der Waals surface area contributed by atoms with Crippen molar-refractivity contribution in [1.29, 1.82) is 0 Å². The minimum absolute atomic E-state index is 0.0700. The van der Waals surface area contributed by atoms with E-state index in [0.29, 0.717) is 11.3 Å². The molecular weight excluding hydrogens is 396 g/mol. The summed E-state index contributed by atoms with van der Waals surface area (Å²) in [6.07, 6.45) is 0.842. The second kappa shape index (κ2) is 9.80. The lowest BCUT2D eigenvalue weighted by Crippen LogP contribution is -2.46. The van der Waals surface area contributed by atoms with E-state index in [0.717, 1.165) is 12.0 Å². The Kier molecular flexibility index (Phi) is 7.46. The Morgan fingerprint density at radius 2 is 1.52 bits per heavy atom. The average Bonchev–Trinajstić information content (AvgIpc) is 2.70. The number of sulfonamides is 1. The molecule has 2 aromatic rings. The van der Waals surface area contributed by atoms with Gasteiger partial charge in [-0.3, -0.25) is 25.2 Å². The molecule has 0 heterocycles. The second-order valence-electron chi connectivity index (χ2n) is 6.08. The van der Waals surface area contributed by atoms with Crippen LogP contribution in [0.4, 0.5) is 5.69 Å². The molecule has 0 aromatic heterocycles. The number of carbonyl (C=O) groups is 3. The van der Waals surface area contributed by atoms with Crippen LogP contribution in [0.2, 0.25) is 0 Å². The highest BCUT2D eigenvalue weighted by Gasteiger charge is 2.16. The first-order valence-electron chi connectivity index (χ1n) is 8.76. The molecule has 154 valence electrons. The first-order valence-corrected chi connectivity index (χ1v) is 10.2. The third-order valence-corrected chi connectivity index (χ3v) is 5.26. The molecule has 0 atom stereocenters. The van der Waals surface area contributed by atoms with Crippen molar-refractivity contribution in [3.05, 3.63) is 59.7 Å². The minimum atomic E-state index is -3.94. The van der Waals surface area contributed by atoms with Crippen molar-refractivity contribution in [3.63, 3.8) is 0 Å². The van der Waals surface area contributed by atoms with E-state index in [1.165, 1.54) is 31.2 Å². The Morgan fingerprint density at radius 3 is 2.07 bits per heavy atom. The van der Waals surface area contributed by atoms with E-state index >= 15 is 0 Å². The summed E-state index contributed by atoms with van der Waals surface area (Å²) in [5, 5.41) is 2.52. The van der Waals surface area contributed by atoms with Gasteiger partial charge in [0.1, 0.15) is 0 Å². The second-order valence-corrected chi connectivity index (χ2v) is 7.85. The van der Waals surface area contributed by atoms with E-state index in [9.17, 15) is 22.8 Å². The fourth-order valence-corrected chi connectivity index (χ4v) is 3.28. The van der Waals surface area contributed by atoms with E-state index in [2.05, 4.69) is 20.9 Å². The molecule has 9 nitrogen and oxygen atoms in total. The maximum Gasteiger partial charge on any atom is 0.269 e. The summed E-state index contributed by atoms with van der Waals surface area (Å²) in [5.41, 5.74) is 6.26. The maximum absolute atomic E-state index is 12.2. The van der Waals surface area contributed by atoms with Crippen LogP contribution in [0.3, 0.4) is 0 Å². The van der Waals surface area contributed by atoms with Gasteiger partial charge in [-0.1, -0.05) is 19.1 Å². The van der Waals surface area contributed by atoms with E-state index in [4.69, 9.17) is 0 Å². The van der Waals surface area contributed by atoms with Gasteiger partial charge < -0.3 is 5.32 Å². The first-order chi connectivity index (χ1) is 13.7. The zero-order valence-electron chi connectivity index (χ0n) is 16.0. The molecule has 3 amide bonds. The topological polar surface area (TPSA) is 133 Å². The fourth-order valence-electron chi connectivity index (χ4n) is 2.30. The third-order valence-electron chi connectivity index (χ3n) is 3.85. The monoisotopic (exact) mass is 418 g/mol. The fraction of sp³-hybridized carbons (Fsp3) is 0.211. The maximum atomic E-state index is 12.2. The summed E-state index contributed by atoms with van der Waals surface area (Å²) in [6.45, 7) is 2.77. The highest BCUT2D eigenvalue weighted by Crippen LogP contribution is 2.13. The molecule has 0 radical (unpaired) electrons. The molecule has 0 aliphatic heterocycles. The molecule has 0 saturated carbocycles. The van der Waals surface area contributed by atoms with Gasteiger partial charge in [0, 0.05) is 18.2 Å². The number of hydrazine groups is 1. The molecule has 2 aromatic carbocycles. The molecule has 0 fully saturated rings. The van der Waals surface area contributed by atoms with Crippen molar-refractivity contribution in [2.24, 2.45) is 0 Å². The molecular formula is C19H22N4O5S. The lowest BCUT2D eigenvalue weighted by Gasteiger charge is -2.10. The number of rotatable bonds is 7. The largest absolute Gasteiger partial charge is 0.326 e. The predicted molar refractivity (Wildman–Crippen MR) is 107 cm³/mol. The molecule has 0 unspecified atom stereocenters. The van der Waals surface area contributed by atoms with Crippen molar-refractivity contribution >= 4 is 33.4 Å². The quantitative estimate of drug-likeness (QED) is 0.497. The lowest BCUT2D eigenvalue weighted by atomic mass is 10.1. The van der Waals surface area contributed by atoms with Gasteiger partial charge in [0.15, 0.2) is 0 Å². The average molecular weight is 418 g/mol. The Bertz CT molecular complexity index is 986. The van der Waals surface area contributed by atoms with Gasteiger partial charge in [0.2, 0.25) is 15.9 Å². The summed E-state index contributed by atoms with van der Waals surface area (Å²) in [6, 6.07) is 12.3. The van der Waals surface area contributed by atoms with Crippen molar-refractivity contribution in [3.8, 4) is 0 Å². The van der Waals surface area contributed by atoms with E-state index in [-0.39, 0.29) is 10.8 Å². The van der Waals surface area contributed by atoms with Crippen molar-refractivity contribution in [1.82, 2.24) is 15.6 Å². The molecule has 0 aliphatic rings. The van der Waals surface area contributed by atoms with Crippen LogP contribution in [-0.4, -0.2) is 32.7 Å². The summed E-state index contributed by atoms with van der Waals surface area (Å²) in [7, 11) is -3.94. The van der Waals surface area contributed by atoms with E-state index in [1.807, 2.05) is 19.1 Å². The number of hydrogen-bond donors (Lipinski definition) is 4. The number of nitrogens with one attached hydrogen (secondary N) is 4. The number of benzene rings is 2. The summed E-state index contributed by atoms with van der Waals surface area (Å²) in [5.74, 6) is -1.53. The van der Waals surface area contributed by atoms with Crippen molar-refractivity contribution in [2.45, 2.75) is 25.2 Å². The van der Waals surface area contributed by atoms with Gasteiger partial charge in [-0.2, -0.15) is 0 Å². The van der Waals surface area contributed by atoms with Crippen molar-refractivity contribution < 1.29 is 22.8 Å². The van der Waals surface area contributed by atoms with Crippen molar-refractivity contribution in [2.75, 3.05) is 11.9 Å². The van der Waals surface area contributed by atoms with Crippen LogP contribution < -0.4 is 20.9 Å². The Morgan fingerprint density at radius 1 is 0.897 bits per heavy atom. The van der Waals surface area contributed by atoms with Crippen LogP contribution in [0.25, 0.3) is 0 Å². The summed E-state index contributed by atoms with van der Waals surface area (Å²) < 4.78 is 26.6. The van der Waals surface area contributed by atoms with Crippen LogP contribution in [0.5, 0.6) is 0 Å². The highest BCUT2D eigenvalue weighted by atomic mass is 32.2. The van der Waals surface area contributed by atoms with Gasteiger partial charge >= 0.3 is 0 Å². The molecule has 0 aliphatic carbocycles. The number of anilines is 1. The zero-order valence-corrected chi connectivity index (χ0v) is 16.8. The van der Waals surface area contributed by atoms with Gasteiger partial charge in [-0.25, -0.2) is 13.1 Å². The Labute approximate surface area is 168 Å². The molecule has 29 heavy (non-hydrogen) atoms. The molecule has 2 rings (SSSR count). The first kappa shape index (κ1) is 22.1. The lowest BCUT2D eigenvalue weighted by molar-refractivity contribution is -0.120. The van der Waals surface area contributed by atoms with Gasteiger partial charge in [0.25, 0.3) is 11.8 Å². The van der Waals surface area contributed by atoms with Gasteiger partial charge in [-0.05, 0) is 48.4 Å². The van der Waals surface area contributed by atoms with Crippen LogP contribution in [0.1, 0.15) is 29.8 Å². The molecule has 0 bridgehead atoms. The predicted octanol–water partition coefficient (Wildman–Crippen LogP) is 0.947. The highest BCUT2D eigenvalue weighted by molar-refractivity contribution is 7.89. The number of aryl methyl sites for hydroxylation is 1. The van der Waals surface area contributed by atoms with Crippen LogP contribution in [0, 0.1) is 0 Å². The molecule has 0 spiro atoms. The third kappa shape index (κ3) is 6.70. The van der Waals surface area contributed by atoms with Gasteiger partial charge in [-0.15, -0.1) is 0 Å². The smallest absolute Gasteiger partial charge is 0.269 e. The van der Waals surface area contributed by atoms with E-state index < -0.39 is 28.4 Å². The van der Waals surface area contributed by atoms with Gasteiger partial charge in [0.05, 0.1) is 11.4 Å². The SMILES string of the molecule is CCc1ccc(C(=O)NNC(=O)CNS(=O)(=O)c2ccc(NC(C)=O)cc2)cc1. The number of carbonyl (C=O) groups excluding carboxylic acids is 3. The number of hydrogen-bond acceptors (Lipinski definition) is 5. The molecule has 10 heteroatoms. The van der Waals surface area contributed by atoms with Crippen LogP contribution in [0.15, 0.2) is 53.4 Å². The Balaban J connectivity index is 1.85. The van der Waals surface area contributed by atoms with E-state index in [1.54, 1.807) is 12.1 Å². The zero-order chi connectivity index (χ0) is 21.4.